The van der Waals surface area contributed by atoms with Gasteiger partial charge in [0.1, 0.15) is 5.76 Å². The molecule has 0 N–H and O–H groups in total. The number of hydrogen-bond donors (Lipinski definition) is 0. The summed E-state index contributed by atoms with van der Waals surface area (Å²) in [6.45, 7) is 6.32. The van der Waals surface area contributed by atoms with E-state index in [2.05, 4.69) is 0 Å². The molecular formula is C25H34N2O4. The Hall–Kier alpha value is -2.60. The van der Waals surface area contributed by atoms with E-state index >= 15 is 0 Å². The third-order valence-corrected chi connectivity index (χ3v) is 5.77. The van der Waals surface area contributed by atoms with Gasteiger partial charge in [-0.05, 0) is 43.4 Å². The smallest absolute Gasteiger partial charge is 0.242 e. The van der Waals surface area contributed by atoms with Crippen molar-refractivity contribution < 1.29 is 18.7 Å². The van der Waals surface area contributed by atoms with E-state index < -0.39 is 0 Å². The maximum atomic E-state index is 13.4. The van der Waals surface area contributed by atoms with Gasteiger partial charge in [-0.3, -0.25) is 9.59 Å². The van der Waals surface area contributed by atoms with E-state index in [-0.39, 0.29) is 30.4 Å². The minimum absolute atomic E-state index is 0.0129. The molecule has 168 valence electrons. The Bertz CT molecular complexity index is 800. The van der Waals surface area contributed by atoms with Crippen molar-refractivity contribution in [1.82, 2.24) is 9.80 Å². The van der Waals surface area contributed by atoms with E-state index in [9.17, 15) is 9.59 Å². The van der Waals surface area contributed by atoms with E-state index in [1.807, 2.05) is 56.3 Å². The van der Waals surface area contributed by atoms with Gasteiger partial charge in [-0.25, -0.2) is 0 Å². The topological polar surface area (TPSA) is 63.0 Å². The first-order valence-electron chi connectivity index (χ1n) is 11.4. The van der Waals surface area contributed by atoms with Gasteiger partial charge in [0.2, 0.25) is 11.8 Å². The highest BCUT2D eigenvalue weighted by molar-refractivity contribution is 5.88. The quantitative estimate of drug-likeness (QED) is 0.540. The highest BCUT2D eigenvalue weighted by Crippen LogP contribution is 2.23. The maximum absolute atomic E-state index is 13.4. The van der Waals surface area contributed by atoms with E-state index in [1.165, 1.54) is 0 Å². The zero-order valence-electron chi connectivity index (χ0n) is 18.7. The van der Waals surface area contributed by atoms with Crippen LogP contribution in [0.4, 0.5) is 0 Å². The Balaban J connectivity index is 1.73. The molecule has 31 heavy (non-hydrogen) atoms. The van der Waals surface area contributed by atoms with Gasteiger partial charge in [0.05, 0.1) is 31.4 Å². The van der Waals surface area contributed by atoms with Crippen molar-refractivity contribution in [3.8, 4) is 0 Å². The Labute approximate surface area is 185 Å². The van der Waals surface area contributed by atoms with Crippen LogP contribution >= 0.6 is 0 Å². The van der Waals surface area contributed by atoms with Gasteiger partial charge in [0, 0.05) is 19.7 Å². The van der Waals surface area contributed by atoms with Crippen LogP contribution in [0.15, 0.2) is 53.1 Å². The summed E-state index contributed by atoms with van der Waals surface area (Å²) in [7, 11) is 0. The van der Waals surface area contributed by atoms with Crippen LogP contribution in [0.25, 0.3) is 0 Å². The maximum Gasteiger partial charge on any atom is 0.242 e. The largest absolute Gasteiger partial charge is 0.467 e. The summed E-state index contributed by atoms with van der Waals surface area (Å²) in [5.41, 5.74) is 0.996. The molecule has 1 fully saturated rings. The molecule has 0 unspecified atom stereocenters. The summed E-state index contributed by atoms with van der Waals surface area (Å²) >= 11 is 0. The zero-order valence-corrected chi connectivity index (χ0v) is 18.7. The van der Waals surface area contributed by atoms with Crippen LogP contribution in [-0.2, 0) is 20.9 Å². The first kappa shape index (κ1) is 23.1. The van der Waals surface area contributed by atoms with Crippen molar-refractivity contribution in [1.29, 1.82) is 0 Å². The lowest BCUT2D eigenvalue weighted by atomic mass is 9.95. The SMILES string of the molecule is CCCN(CC(=O)N(Cc1ccco1)C[C@H]1CCCO1)C(=O)[C@H](CC)c1ccccc1. The number of rotatable bonds is 11. The fourth-order valence-electron chi connectivity index (χ4n) is 4.14. The Kier molecular flexibility index (Phi) is 8.71. The molecule has 1 saturated heterocycles. The van der Waals surface area contributed by atoms with Gasteiger partial charge >= 0.3 is 0 Å². The third-order valence-electron chi connectivity index (χ3n) is 5.77. The Morgan fingerprint density at radius 3 is 2.52 bits per heavy atom. The molecule has 2 amide bonds. The molecule has 0 spiro atoms. The van der Waals surface area contributed by atoms with Gasteiger partial charge < -0.3 is 19.0 Å². The van der Waals surface area contributed by atoms with Crippen LogP contribution < -0.4 is 0 Å². The number of furan rings is 1. The monoisotopic (exact) mass is 426 g/mol. The van der Waals surface area contributed by atoms with E-state index in [1.54, 1.807) is 16.1 Å². The van der Waals surface area contributed by atoms with Crippen LogP contribution in [0.5, 0.6) is 0 Å². The van der Waals surface area contributed by atoms with Gasteiger partial charge in [-0.15, -0.1) is 0 Å². The zero-order chi connectivity index (χ0) is 22.1. The molecule has 3 rings (SSSR count). The fourth-order valence-corrected chi connectivity index (χ4v) is 4.14. The summed E-state index contributed by atoms with van der Waals surface area (Å²) in [5, 5.41) is 0. The molecule has 1 aliphatic heterocycles. The fraction of sp³-hybridized carbons (Fsp3) is 0.520. The molecule has 2 heterocycles. The summed E-state index contributed by atoms with van der Waals surface area (Å²) in [6, 6.07) is 13.5. The van der Waals surface area contributed by atoms with Crippen molar-refractivity contribution in [2.45, 2.75) is 58.1 Å². The second kappa shape index (κ2) is 11.7. The number of carbonyl (C=O) groups is 2. The molecule has 2 atom stereocenters. The van der Waals surface area contributed by atoms with Crippen LogP contribution in [0, 0.1) is 0 Å². The number of nitrogens with zero attached hydrogens (tertiary/aromatic N) is 2. The van der Waals surface area contributed by atoms with Crippen molar-refractivity contribution in [2.24, 2.45) is 0 Å². The molecule has 6 heteroatoms. The molecule has 0 bridgehead atoms. The lowest BCUT2D eigenvalue weighted by Gasteiger charge is -2.30. The molecule has 0 aliphatic carbocycles. The predicted octanol–water partition coefficient (Wildman–Crippen LogP) is 4.22. The van der Waals surface area contributed by atoms with Gasteiger partial charge in [-0.1, -0.05) is 44.2 Å². The number of benzene rings is 1. The summed E-state index contributed by atoms with van der Waals surface area (Å²) < 4.78 is 11.2. The summed E-state index contributed by atoms with van der Waals surface area (Å²) in [4.78, 5) is 30.2. The van der Waals surface area contributed by atoms with Crippen LogP contribution in [0.2, 0.25) is 0 Å². The Morgan fingerprint density at radius 2 is 1.90 bits per heavy atom. The minimum atomic E-state index is -0.239. The van der Waals surface area contributed by atoms with Crippen molar-refractivity contribution >= 4 is 11.8 Å². The van der Waals surface area contributed by atoms with E-state index in [4.69, 9.17) is 9.15 Å². The van der Waals surface area contributed by atoms with E-state index in [0.29, 0.717) is 26.1 Å². The number of amides is 2. The predicted molar refractivity (Wildman–Crippen MR) is 119 cm³/mol. The molecule has 0 saturated carbocycles. The molecule has 1 aromatic heterocycles. The van der Waals surface area contributed by atoms with Crippen LogP contribution in [0.3, 0.4) is 0 Å². The van der Waals surface area contributed by atoms with Gasteiger partial charge in [0.15, 0.2) is 0 Å². The summed E-state index contributed by atoms with van der Waals surface area (Å²) in [5.74, 6) is 0.434. The normalized spacial score (nSPS) is 16.8. The second-order valence-electron chi connectivity index (χ2n) is 8.12. The second-order valence-corrected chi connectivity index (χ2v) is 8.12. The average molecular weight is 427 g/mol. The van der Waals surface area contributed by atoms with Crippen molar-refractivity contribution in [2.75, 3.05) is 26.2 Å². The number of hydrogen-bond acceptors (Lipinski definition) is 4. The molecule has 6 nitrogen and oxygen atoms in total. The molecule has 0 radical (unpaired) electrons. The number of ether oxygens (including phenoxy) is 1. The highest BCUT2D eigenvalue weighted by Gasteiger charge is 2.29. The van der Waals surface area contributed by atoms with Crippen molar-refractivity contribution in [3.63, 3.8) is 0 Å². The van der Waals surface area contributed by atoms with Crippen LogP contribution in [0.1, 0.15) is 56.8 Å². The molecule has 1 aromatic carbocycles. The number of carbonyl (C=O) groups excluding carboxylic acids is 2. The average Bonchev–Trinajstić information content (AvgIpc) is 3.48. The molecule has 2 aromatic rings. The van der Waals surface area contributed by atoms with E-state index in [0.717, 1.165) is 37.2 Å². The summed E-state index contributed by atoms with van der Waals surface area (Å²) in [6.07, 6.45) is 5.12. The minimum Gasteiger partial charge on any atom is -0.467 e. The first-order valence-corrected chi connectivity index (χ1v) is 11.4. The lowest BCUT2D eigenvalue weighted by Crippen LogP contribution is -2.46. The lowest BCUT2D eigenvalue weighted by molar-refractivity contribution is -0.142. The van der Waals surface area contributed by atoms with Crippen molar-refractivity contribution in [3.05, 3.63) is 60.1 Å². The first-order chi connectivity index (χ1) is 15.1. The van der Waals surface area contributed by atoms with Crippen LogP contribution in [-0.4, -0.2) is 54.0 Å². The Morgan fingerprint density at radius 1 is 1.10 bits per heavy atom. The van der Waals surface area contributed by atoms with Gasteiger partial charge in [0.25, 0.3) is 0 Å². The molecule has 1 aliphatic rings. The standard InChI is InChI=1S/C25H34N2O4/c1-3-14-26(25(29)23(4-2)20-10-6-5-7-11-20)19-24(28)27(17-21-12-8-15-30-21)18-22-13-9-16-31-22/h5-8,10-12,15,22-23H,3-4,9,13-14,16-19H2,1-2H3/t22-,23-/m1/s1. The third kappa shape index (κ3) is 6.44. The molecular weight excluding hydrogens is 392 g/mol. The van der Waals surface area contributed by atoms with Gasteiger partial charge in [-0.2, -0.15) is 0 Å². The highest BCUT2D eigenvalue weighted by atomic mass is 16.5.